The van der Waals surface area contributed by atoms with Gasteiger partial charge in [0.1, 0.15) is 10.8 Å². The third kappa shape index (κ3) is 5.02. The van der Waals surface area contributed by atoms with Gasteiger partial charge in [-0.05, 0) is 55.5 Å². The van der Waals surface area contributed by atoms with Gasteiger partial charge in [-0.2, -0.15) is 0 Å². The number of rotatable bonds is 9. The zero-order valence-corrected chi connectivity index (χ0v) is 20.8. The van der Waals surface area contributed by atoms with Crippen molar-refractivity contribution in [2.45, 2.75) is 37.4 Å². The first-order chi connectivity index (χ1) is 16.5. The summed E-state index contributed by atoms with van der Waals surface area (Å²) in [7, 11) is 2.98. The van der Waals surface area contributed by atoms with Crippen molar-refractivity contribution in [3.05, 3.63) is 52.9 Å². The van der Waals surface area contributed by atoms with Crippen molar-refractivity contribution in [1.82, 2.24) is 14.8 Å². The molecule has 0 unspecified atom stereocenters. The fourth-order valence-corrected chi connectivity index (χ4v) is 5.95. The van der Waals surface area contributed by atoms with Gasteiger partial charge in [-0.3, -0.25) is 9.36 Å². The summed E-state index contributed by atoms with van der Waals surface area (Å²) in [6.07, 6.45) is 5.64. The van der Waals surface area contributed by atoms with Crippen LogP contribution in [-0.2, 0) is 28.9 Å². The Balaban J connectivity index is 1.49. The molecule has 0 saturated heterocycles. The van der Waals surface area contributed by atoms with Crippen LogP contribution < -0.4 is 10.1 Å². The number of amides is 1. The molecule has 3 aromatic rings. The van der Waals surface area contributed by atoms with E-state index < -0.39 is 5.97 Å². The number of fused-ring (bicyclic) bond motifs is 1. The average Bonchev–Trinajstić information content (AvgIpc) is 3.43. The molecule has 1 aliphatic carbocycles. The highest BCUT2D eigenvalue weighted by molar-refractivity contribution is 7.99. The van der Waals surface area contributed by atoms with Crippen LogP contribution in [-0.4, -0.2) is 46.6 Å². The van der Waals surface area contributed by atoms with Gasteiger partial charge in [-0.15, -0.1) is 28.1 Å². The van der Waals surface area contributed by atoms with E-state index in [1.807, 2.05) is 28.8 Å². The lowest BCUT2D eigenvalue weighted by Crippen LogP contribution is -2.17. The molecule has 178 valence electrons. The second-order valence-corrected chi connectivity index (χ2v) is 9.73. The van der Waals surface area contributed by atoms with E-state index in [9.17, 15) is 9.59 Å². The van der Waals surface area contributed by atoms with Crippen molar-refractivity contribution in [2.24, 2.45) is 0 Å². The fourth-order valence-electron chi connectivity index (χ4n) is 3.91. The van der Waals surface area contributed by atoms with Crippen LogP contribution in [0.15, 0.2) is 42.1 Å². The van der Waals surface area contributed by atoms with Gasteiger partial charge in [0.05, 0.1) is 25.5 Å². The predicted molar refractivity (Wildman–Crippen MR) is 134 cm³/mol. The summed E-state index contributed by atoms with van der Waals surface area (Å²) in [4.78, 5) is 26.4. The Morgan fingerprint density at radius 3 is 2.68 bits per heavy atom. The van der Waals surface area contributed by atoms with Crippen LogP contribution in [0.4, 0.5) is 5.00 Å². The summed E-state index contributed by atoms with van der Waals surface area (Å²) >= 11 is 2.76. The number of carbonyl (C=O) groups is 2. The van der Waals surface area contributed by atoms with Crippen molar-refractivity contribution in [2.75, 3.05) is 25.3 Å². The molecule has 34 heavy (non-hydrogen) atoms. The van der Waals surface area contributed by atoms with E-state index in [0.717, 1.165) is 47.4 Å². The molecule has 0 fully saturated rings. The fraction of sp³-hybridized carbons (Fsp3) is 0.333. The first-order valence-electron chi connectivity index (χ1n) is 10.9. The van der Waals surface area contributed by atoms with Gasteiger partial charge in [0.25, 0.3) is 0 Å². The van der Waals surface area contributed by atoms with Gasteiger partial charge in [0.15, 0.2) is 11.0 Å². The number of thiophene rings is 1. The normalized spacial score (nSPS) is 12.6. The lowest BCUT2D eigenvalue weighted by Gasteiger charge is -2.11. The number of nitrogens with one attached hydrogen (secondary N) is 1. The highest BCUT2D eigenvalue weighted by atomic mass is 32.2. The zero-order chi connectivity index (χ0) is 24.1. The number of hydrogen-bond donors (Lipinski definition) is 1. The maximum absolute atomic E-state index is 12.8. The first-order valence-corrected chi connectivity index (χ1v) is 12.7. The molecule has 4 rings (SSSR count). The van der Waals surface area contributed by atoms with Crippen molar-refractivity contribution in [3.8, 4) is 17.1 Å². The molecule has 0 saturated carbocycles. The molecular weight excluding hydrogens is 472 g/mol. The number of benzene rings is 1. The topological polar surface area (TPSA) is 95.3 Å². The largest absolute Gasteiger partial charge is 0.497 e. The Bertz CT molecular complexity index is 1200. The first kappa shape index (κ1) is 24.0. The second-order valence-electron chi connectivity index (χ2n) is 7.68. The third-order valence-electron chi connectivity index (χ3n) is 5.52. The van der Waals surface area contributed by atoms with Crippen LogP contribution in [0.1, 0.15) is 33.6 Å². The number of ether oxygens (including phenoxy) is 2. The number of nitrogens with zero attached hydrogens (tertiary/aromatic N) is 3. The Morgan fingerprint density at radius 1 is 1.21 bits per heavy atom. The number of carbonyl (C=O) groups excluding carboxylic acids is 2. The highest BCUT2D eigenvalue weighted by Crippen LogP contribution is 2.38. The second kappa shape index (κ2) is 10.9. The lowest BCUT2D eigenvalue weighted by atomic mass is 9.95. The molecule has 2 heterocycles. The maximum atomic E-state index is 12.8. The molecule has 8 nitrogen and oxygen atoms in total. The van der Waals surface area contributed by atoms with Gasteiger partial charge in [0.2, 0.25) is 5.91 Å². The van der Waals surface area contributed by atoms with Gasteiger partial charge in [-0.1, -0.05) is 17.8 Å². The maximum Gasteiger partial charge on any atom is 0.341 e. The van der Waals surface area contributed by atoms with Crippen molar-refractivity contribution in [1.29, 1.82) is 0 Å². The number of methoxy groups -OCH3 is 2. The van der Waals surface area contributed by atoms with Crippen LogP contribution in [0.2, 0.25) is 0 Å². The Kier molecular flexibility index (Phi) is 7.69. The molecule has 0 aliphatic heterocycles. The average molecular weight is 499 g/mol. The van der Waals surface area contributed by atoms with Gasteiger partial charge >= 0.3 is 5.97 Å². The van der Waals surface area contributed by atoms with E-state index in [4.69, 9.17) is 9.47 Å². The molecule has 0 atom stereocenters. The van der Waals surface area contributed by atoms with Crippen molar-refractivity contribution >= 4 is 40.0 Å². The predicted octanol–water partition coefficient (Wildman–Crippen LogP) is 4.60. The van der Waals surface area contributed by atoms with Gasteiger partial charge < -0.3 is 14.8 Å². The molecule has 0 radical (unpaired) electrons. The smallest absolute Gasteiger partial charge is 0.341 e. The van der Waals surface area contributed by atoms with E-state index in [-0.39, 0.29) is 11.7 Å². The lowest BCUT2D eigenvalue weighted by molar-refractivity contribution is -0.113. The number of allylic oxidation sites excluding steroid dienone is 1. The number of aryl methyl sites for hydroxylation is 1. The molecule has 2 aromatic heterocycles. The van der Waals surface area contributed by atoms with Gasteiger partial charge in [0, 0.05) is 17.0 Å². The van der Waals surface area contributed by atoms with Crippen molar-refractivity contribution < 1.29 is 19.1 Å². The molecular formula is C24H26N4O4S2. The minimum Gasteiger partial charge on any atom is -0.497 e. The molecule has 1 N–H and O–H groups in total. The van der Waals surface area contributed by atoms with Crippen LogP contribution >= 0.6 is 23.1 Å². The zero-order valence-electron chi connectivity index (χ0n) is 19.1. The molecule has 1 aliphatic rings. The summed E-state index contributed by atoms with van der Waals surface area (Å²) in [5.41, 5.74) is 2.40. The Labute approximate surface area is 206 Å². The minimum absolute atomic E-state index is 0.126. The number of esters is 1. The monoisotopic (exact) mass is 498 g/mol. The molecule has 0 bridgehead atoms. The summed E-state index contributed by atoms with van der Waals surface area (Å²) < 4.78 is 12.1. The van der Waals surface area contributed by atoms with E-state index in [1.54, 1.807) is 13.2 Å². The number of anilines is 1. The summed E-state index contributed by atoms with van der Waals surface area (Å²) in [6, 6.07) is 7.55. The highest BCUT2D eigenvalue weighted by Gasteiger charge is 2.27. The van der Waals surface area contributed by atoms with Crippen LogP contribution in [0.25, 0.3) is 11.4 Å². The van der Waals surface area contributed by atoms with Crippen molar-refractivity contribution in [3.63, 3.8) is 0 Å². The van der Waals surface area contributed by atoms with E-state index in [0.29, 0.717) is 28.1 Å². The quantitative estimate of drug-likeness (QED) is 0.262. The molecule has 1 amide bonds. The third-order valence-corrected chi connectivity index (χ3v) is 7.70. The molecule has 0 spiro atoms. The van der Waals surface area contributed by atoms with E-state index in [1.165, 1.54) is 30.2 Å². The number of thioether (sulfide) groups is 1. The van der Waals surface area contributed by atoms with Gasteiger partial charge in [-0.25, -0.2) is 4.79 Å². The van der Waals surface area contributed by atoms with Crippen LogP contribution in [0.3, 0.4) is 0 Å². The Hall–Kier alpha value is -3.11. The summed E-state index contributed by atoms with van der Waals surface area (Å²) in [5.74, 6) is 0.946. The molecule has 1 aromatic carbocycles. The molecule has 10 heteroatoms. The van der Waals surface area contributed by atoms with E-state index in [2.05, 4.69) is 22.1 Å². The summed E-state index contributed by atoms with van der Waals surface area (Å²) in [5, 5.41) is 12.7. The number of aromatic nitrogens is 3. The summed E-state index contributed by atoms with van der Waals surface area (Å²) in [6.45, 7) is 4.33. The Morgan fingerprint density at radius 2 is 1.97 bits per heavy atom. The van der Waals surface area contributed by atoms with Crippen LogP contribution in [0, 0.1) is 0 Å². The standard InChI is InChI=1S/C24H26N4O4S2/c1-4-13-28-21(15-9-11-16(31-2)12-10-15)26-27-24(28)33-14-19(29)25-22-20(23(30)32-3)17-7-5-6-8-18(17)34-22/h4,9-12H,1,5-8,13-14H2,2-3H3,(H,25,29). The minimum atomic E-state index is -0.405. The van der Waals surface area contributed by atoms with Crippen LogP contribution in [0.5, 0.6) is 5.75 Å². The number of hydrogen-bond acceptors (Lipinski definition) is 8. The van der Waals surface area contributed by atoms with E-state index >= 15 is 0 Å². The SMILES string of the molecule is C=CCn1c(SCC(=O)Nc2sc3c(c2C(=O)OC)CCCC3)nnc1-c1ccc(OC)cc1.